The second-order valence-electron chi connectivity index (χ2n) is 3.21. The summed E-state index contributed by atoms with van der Waals surface area (Å²) in [6, 6.07) is 3.42. The summed E-state index contributed by atoms with van der Waals surface area (Å²) >= 11 is 0. The van der Waals surface area contributed by atoms with Gasteiger partial charge in [0, 0.05) is 19.1 Å². The van der Waals surface area contributed by atoms with Crippen LogP contribution in [0.5, 0.6) is 11.5 Å². The minimum Gasteiger partial charge on any atom is -0.454 e. The van der Waals surface area contributed by atoms with E-state index in [-0.39, 0.29) is 12.7 Å². The number of rotatable bonds is 0. The van der Waals surface area contributed by atoms with Gasteiger partial charge in [0.05, 0.1) is 0 Å². The number of ether oxygens (including phenoxy) is 2. The maximum absolute atomic E-state index is 11.2. The summed E-state index contributed by atoms with van der Waals surface area (Å²) in [5.41, 5.74) is 1.25. The van der Waals surface area contributed by atoms with Gasteiger partial charge in [-0.3, -0.25) is 4.79 Å². The molecule has 0 saturated carbocycles. The van der Waals surface area contributed by atoms with E-state index in [0.29, 0.717) is 22.5 Å². The molecule has 1 aliphatic heterocycles. The van der Waals surface area contributed by atoms with Crippen molar-refractivity contribution in [3.05, 3.63) is 12.1 Å². The third-order valence-corrected chi connectivity index (χ3v) is 2.24. The average molecular weight is 205 g/mol. The van der Waals surface area contributed by atoms with Crippen molar-refractivity contribution >= 4 is 16.9 Å². The van der Waals surface area contributed by atoms with E-state index in [2.05, 4.69) is 10.3 Å². The zero-order valence-electron chi connectivity index (χ0n) is 7.93. The van der Waals surface area contributed by atoms with E-state index in [1.54, 1.807) is 12.1 Å². The molecule has 76 valence electrons. The quantitative estimate of drug-likeness (QED) is 0.637. The highest BCUT2D eigenvalue weighted by atomic mass is 16.7. The van der Waals surface area contributed by atoms with Crippen LogP contribution in [0.25, 0.3) is 11.0 Å². The highest BCUT2D eigenvalue weighted by Crippen LogP contribution is 2.35. The minimum absolute atomic E-state index is 0.184. The van der Waals surface area contributed by atoms with Gasteiger partial charge in [0.2, 0.25) is 12.7 Å². The maximum atomic E-state index is 11.2. The van der Waals surface area contributed by atoms with E-state index >= 15 is 0 Å². The van der Waals surface area contributed by atoms with Crippen molar-refractivity contribution in [3.63, 3.8) is 0 Å². The fourth-order valence-electron chi connectivity index (χ4n) is 1.54. The summed E-state index contributed by atoms with van der Waals surface area (Å²) < 4.78 is 11.6. The Hall–Kier alpha value is -2.11. The van der Waals surface area contributed by atoms with Crippen LogP contribution in [0.3, 0.4) is 0 Å². The Balaban J connectivity index is 2.31. The van der Waals surface area contributed by atoms with Crippen LogP contribution in [0, 0.1) is 0 Å². The first-order valence-electron chi connectivity index (χ1n) is 4.42. The molecule has 0 atom stereocenters. The lowest BCUT2D eigenvalue weighted by Gasteiger charge is -1.97. The van der Waals surface area contributed by atoms with Crippen molar-refractivity contribution in [1.29, 1.82) is 0 Å². The molecule has 1 aliphatic rings. The molecule has 3 rings (SSSR count). The summed E-state index contributed by atoms with van der Waals surface area (Å²) in [5, 5.41) is 7.62. The van der Waals surface area contributed by atoms with Crippen molar-refractivity contribution in [3.8, 4) is 11.5 Å². The Kier molecular flexibility index (Phi) is 1.47. The van der Waals surface area contributed by atoms with E-state index in [1.807, 2.05) is 0 Å². The lowest BCUT2D eigenvalue weighted by atomic mass is 10.2. The van der Waals surface area contributed by atoms with Crippen LogP contribution in [0.15, 0.2) is 12.1 Å². The van der Waals surface area contributed by atoms with Gasteiger partial charge >= 0.3 is 0 Å². The molecule has 6 heteroatoms. The molecule has 15 heavy (non-hydrogen) atoms. The van der Waals surface area contributed by atoms with Gasteiger partial charge in [-0.25, -0.2) is 0 Å². The van der Waals surface area contributed by atoms with Crippen LogP contribution < -0.4 is 9.47 Å². The fourth-order valence-corrected chi connectivity index (χ4v) is 1.54. The summed E-state index contributed by atoms with van der Waals surface area (Å²) in [5.74, 6) is 1.07. The highest BCUT2D eigenvalue weighted by Gasteiger charge is 2.18. The molecule has 0 N–H and O–H groups in total. The monoisotopic (exact) mass is 205 g/mol. The standard InChI is InChI=1S/C9H7N3O3/c1-5(13)12-7-3-9-8(14-4-15-9)2-6(7)10-11-12/h2-3H,4H2,1H3. The molecular weight excluding hydrogens is 198 g/mol. The van der Waals surface area contributed by atoms with Crippen LogP contribution in [0.4, 0.5) is 0 Å². The average Bonchev–Trinajstić information content (AvgIpc) is 2.77. The number of carbonyl (C=O) groups excluding carboxylic acids is 1. The molecule has 0 saturated heterocycles. The van der Waals surface area contributed by atoms with Gasteiger partial charge in [0.25, 0.3) is 0 Å². The molecular formula is C9H7N3O3. The van der Waals surface area contributed by atoms with Gasteiger partial charge in [-0.1, -0.05) is 5.21 Å². The minimum atomic E-state index is -0.184. The smallest absolute Gasteiger partial charge is 0.245 e. The predicted molar refractivity (Wildman–Crippen MR) is 50.0 cm³/mol. The molecule has 0 bridgehead atoms. The summed E-state index contributed by atoms with van der Waals surface area (Å²) in [6.07, 6.45) is 0. The van der Waals surface area contributed by atoms with Crippen molar-refractivity contribution in [1.82, 2.24) is 15.0 Å². The number of hydrogen-bond acceptors (Lipinski definition) is 5. The van der Waals surface area contributed by atoms with E-state index in [9.17, 15) is 4.79 Å². The number of hydrogen-bond donors (Lipinski definition) is 0. The topological polar surface area (TPSA) is 66.2 Å². The van der Waals surface area contributed by atoms with Crippen LogP contribution in [0.1, 0.15) is 11.7 Å². The first-order valence-corrected chi connectivity index (χ1v) is 4.42. The maximum Gasteiger partial charge on any atom is 0.245 e. The Morgan fingerprint density at radius 1 is 1.40 bits per heavy atom. The Morgan fingerprint density at radius 3 is 2.87 bits per heavy atom. The lowest BCUT2D eigenvalue weighted by molar-refractivity contribution is 0.0924. The van der Waals surface area contributed by atoms with E-state index in [4.69, 9.17) is 9.47 Å². The third kappa shape index (κ3) is 1.08. The SMILES string of the molecule is CC(=O)n1nnc2cc3c(cc21)OCO3. The molecule has 0 radical (unpaired) electrons. The number of carbonyl (C=O) groups is 1. The third-order valence-electron chi connectivity index (χ3n) is 2.24. The Labute approximate surface area is 84.4 Å². The van der Waals surface area contributed by atoms with Crippen molar-refractivity contribution < 1.29 is 14.3 Å². The lowest BCUT2D eigenvalue weighted by Crippen LogP contribution is -2.07. The second-order valence-corrected chi connectivity index (χ2v) is 3.21. The molecule has 0 unspecified atom stereocenters. The van der Waals surface area contributed by atoms with Gasteiger partial charge in [-0.2, -0.15) is 4.68 Å². The predicted octanol–water partition coefficient (Wildman–Crippen LogP) is 0.820. The second kappa shape index (κ2) is 2.69. The van der Waals surface area contributed by atoms with Crippen LogP contribution in [-0.4, -0.2) is 27.7 Å². The van der Waals surface area contributed by atoms with E-state index in [0.717, 1.165) is 0 Å². The molecule has 2 aromatic rings. The summed E-state index contributed by atoms with van der Waals surface area (Å²) in [7, 11) is 0. The fraction of sp³-hybridized carbons (Fsp3) is 0.222. The van der Waals surface area contributed by atoms with Crippen LogP contribution >= 0.6 is 0 Å². The first-order chi connectivity index (χ1) is 7.25. The van der Waals surface area contributed by atoms with Crippen molar-refractivity contribution in [2.75, 3.05) is 6.79 Å². The van der Waals surface area contributed by atoms with Gasteiger partial charge in [-0.05, 0) is 0 Å². The molecule has 0 spiro atoms. The molecule has 1 aromatic heterocycles. The number of nitrogens with zero attached hydrogens (tertiary/aromatic N) is 3. The largest absolute Gasteiger partial charge is 0.454 e. The van der Waals surface area contributed by atoms with Crippen LogP contribution in [0.2, 0.25) is 0 Å². The molecule has 0 amide bonds. The Morgan fingerprint density at radius 2 is 2.13 bits per heavy atom. The molecule has 2 heterocycles. The molecule has 6 nitrogen and oxygen atoms in total. The van der Waals surface area contributed by atoms with Crippen molar-refractivity contribution in [2.24, 2.45) is 0 Å². The van der Waals surface area contributed by atoms with Crippen molar-refractivity contribution in [2.45, 2.75) is 6.92 Å². The number of fused-ring (bicyclic) bond motifs is 2. The van der Waals surface area contributed by atoms with E-state index in [1.165, 1.54) is 11.6 Å². The Bertz CT molecular complexity index is 561. The first kappa shape index (κ1) is 8.22. The van der Waals surface area contributed by atoms with E-state index < -0.39 is 0 Å². The summed E-state index contributed by atoms with van der Waals surface area (Å²) in [6.45, 7) is 1.63. The van der Waals surface area contributed by atoms with Gasteiger partial charge in [0.1, 0.15) is 11.0 Å². The highest BCUT2D eigenvalue weighted by molar-refractivity contribution is 5.89. The number of benzene rings is 1. The van der Waals surface area contributed by atoms with Gasteiger partial charge in [-0.15, -0.1) is 5.10 Å². The normalized spacial score (nSPS) is 13.4. The molecule has 0 aliphatic carbocycles. The number of aromatic nitrogens is 3. The van der Waals surface area contributed by atoms with Crippen LogP contribution in [-0.2, 0) is 0 Å². The van der Waals surface area contributed by atoms with Gasteiger partial charge < -0.3 is 9.47 Å². The zero-order chi connectivity index (χ0) is 10.4. The molecule has 0 fully saturated rings. The zero-order valence-corrected chi connectivity index (χ0v) is 7.93. The van der Waals surface area contributed by atoms with Gasteiger partial charge in [0.15, 0.2) is 11.5 Å². The summed E-state index contributed by atoms with van der Waals surface area (Å²) in [4.78, 5) is 11.2. The molecule has 1 aromatic carbocycles.